The lowest BCUT2D eigenvalue weighted by Crippen LogP contribution is -2.31. The van der Waals surface area contributed by atoms with Crippen molar-refractivity contribution in [2.45, 2.75) is 32.8 Å². The van der Waals surface area contributed by atoms with Gasteiger partial charge in [0.15, 0.2) is 0 Å². The molecule has 1 aromatic carbocycles. The molecule has 0 aromatic heterocycles. The summed E-state index contributed by atoms with van der Waals surface area (Å²) in [5, 5.41) is 14.9. The predicted octanol–water partition coefficient (Wildman–Crippen LogP) is 3.04. The van der Waals surface area contributed by atoms with Crippen LogP contribution in [0.4, 0.5) is 10.5 Å². The van der Waals surface area contributed by atoms with Gasteiger partial charge in [0.25, 0.3) is 0 Å². The fourth-order valence-corrected chi connectivity index (χ4v) is 1.83. The van der Waals surface area contributed by atoms with Gasteiger partial charge in [-0.3, -0.25) is 0 Å². The molecule has 0 spiro atoms. The first-order valence-electron chi connectivity index (χ1n) is 6.02. The summed E-state index contributed by atoms with van der Waals surface area (Å²) in [6.07, 6.45) is 0.924. The topological polar surface area (TPSA) is 61.4 Å². The third kappa shape index (κ3) is 4.66. The Kier molecular flexibility index (Phi) is 6.15. The number of benzene rings is 1. The standard InChI is InChI=1S/C13H19BrN2O2/c1-3-10(17)7-8-15-13(18)16-12-6-4-5-11(14)9(12)2/h4-6,10,17H,3,7-8H2,1-2H3,(H2,15,16,18). The Morgan fingerprint density at radius 3 is 2.89 bits per heavy atom. The molecule has 1 unspecified atom stereocenters. The fraction of sp³-hybridized carbons (Fsp3) is 0.462. The lowest BCUT2D eigenvalue weighted by Gasteiger charge is -2.12. The molecule has 0 saturated heterocycles. The molecule has 5 heteroatoms. The number of amides is 2. The highest BCUT2D eigenvalue weighted by Crippen LogP contribution is 2.23. The van der Waals surface area contributed by atoms with Gasteiger partial charge in [0.2, 0.25) is 0 Å². The molecular formula is C13H19BrN2O2. The van der Waals surface area contributed by atoms with E-state index in [4.69, 9.17) is 0 Å². The Morgan fingerprint density at radius 1 is 1.50 bits per heavy atom. The number of anilines is 1. The van der Waals surface area contributed by atoms with Crippen LogP contribution in [0.3, 0.4) is 0 Å². The monoisotopic (exact) mass is 314 g/mol. The normalized spacial score (nSPS) is 12.0. The van der Waals surface area contributed by atoms with Crippen LogP contribution in [0, 0.1) is 6.92 Å². The second-order valence-electron chi connectivity index (χ2n) is 4.14. The Morgan fingerprint density at radius 2 is 2.22 bits per heavy atom. The molecule has 0 aliphatic heterocycles. The highest BCUT2D eigenvalue weighted by atomic mass is 79.9. The van der Waals surface area contributed by atoms with Gasteiger partial charge in [0.05, 0.1) is 6.10 Å². The number of rotatable bonds is 5. The van der Waals surface area contributed by atoms with Gasteiger partial charge >= 0.3 is 6.03 Å². The van der Waals surface area contributed by atoms with Crippen molar-refractivity contribution in [3.8, 4) is 0 Å². The molecule has 100 valence electrons. The van der Waals surface area contributed by atoms with E-state index in [1.807, 2.05) is 32.0 Å². The average molecular weight is 315 g/mol. The maximum Gasteiger partial charge on any atom is 0.319 e. The van der Waals surface area contributed by atoms with Crippen molar-refractivity contribution < 1.29 is 9.90 Å². The molecule has 1 rings (SSSR count). The number of hydrogen-bond donors (Lipinski definition) is 3. The molecule has 0 fully saturated rings. The number of halogens is 1. The number of urea groups is 1. The molecule has 18 heavy (non-hydrogen) atoms. The van der Waals surface area contributed by atoms with Crippen molar-refractivity contribution in [1.29, 1.82) is 0 Å². The number of carbonyl (C=O) groups is 1. The molecule has 3 N–H and O–H groups in total. The summed E-state index contributed by atoms with van der Waals surface area (Å²) >= 11 is 3.41. The van der Waals surface area contributed by atoms with Crippen molar-refractivity contribution in [1.82, 2.24) is 5.32 Å². The van der Waals surface area contributed by atoms with Gasteiger partial charge < -0.3 is 15.7 Å². The van der Waals surface area contributed by atoms with E-state index < -0.39 is 0 Å². The SMILES string of the molecule is CCC(O)CCNC(=O)Nc1cccc(Br)c1C. The van der Waals surface area contributed by atoms with Gasteiger partial charge in [-0.25, -0.2) is 4.79 Å². The summed E-state index contributed by atoms with van der Waals surface area (Å²) in [5.41, 5.74) is 1.76. The lowest BCUT2D eigenvalue weighted by molar-refractivity contribution is 0.160. The van der Waals surface area contributed by atoms with Crippen LogP contribution in [0.5, 0.6) is 0 Å². The van der Waals surface area contributed by atoms with Gasteiger partial charge in [0, 0.05) is 16.7 Å². The third-order valence-electron chi connectivity index (χ3n) is 2.75. The van der Waals surface area contributed by atoms with E-state index in [-0.39, 0.29) is 12.1 Å². The summed E-state index contributed by atoms with van der Waals surface area (Å²) in [5.74, 6) is 0. The zero-order chi connectivity index (χ0) is 13.5. The molecule has 1 atom stereocenters. The Hall–Kier alpha value is -1.07. The molecule has 0 aliphatic carbocycles. The maximum atomic E-state index is 11.6. The molecular weight excluding hydrogens is 296 g/mol. The van der Waals surface area contributed by atoms with Gasteiger partial charge in [-0.1, -0.05) is 28.9 Å². The zero-order valence-corrected chi connectivity index (χ0v) is 12.3. The maximum absolute atomic E-state index is 11.6. The van der Waals surface area contributed by atoms with Crippen LogP contribution in [0.2, 0.25) is 0 Å². The number of nitrogens with one attached hydrogen (secondary N) is 2. The Bertz CT molecular complexity index is 410. The van der Waals surface area contributed by atoms with E-state index in [1.165, 1.54) is 0 Å². The van der Waals surface area contributed by atoms with E-state index in [9.17, 15) is 9.90 Å². The molecule has 4 nitrogen and oxygen atoms in total. The van der Waals surface area contributed by atoms with Gasteiger partial charge in [-0.2, -0.15) is 0 Å². The van der Waals surface area contributed by atoms with Crippen LogP contribution in [0.1, 0.15) is 25.3 Å². The minimum Gasteiger partial charge on any atom is -0.393 e. The first-order chi connectivity index (χ1) is 8.54. The van der Waals surface area contributed by atoms with Crippen molar-refractivity contribution in [2.24, 2.45) is 0 Å². The van der Waals surface area contributed by atoms with E-state index >= 15 is 0 Å². The van der Waals surface area contributed by atoms with Crippen LogP contribution in [-0.2, 0) is 0 Å². The van der Waals surface area contributed by atoms with Gasteiger partial charge in [-0.15, -0.1) is 0 Å². The van der Waals surface area contributed by atoms with Gasteiger partial charge in [-0.05, 0) is 37.5 Å². The van der Waals surface area contributed by atoms with Crippen LogP contribution in [0.25, 0.3) is 0 Å². The molecule has 1 aromatic rings. The lowest BCUT2D eigenvalue weighted by atomic mass is 10.2. The van der Waals surface area contributed by atoms with E-state index in [2.05, 4.69) is 26.6 Å². The number of aliphatic hydroxyl groups excluding tert-OH is 1. The molecule has 0 heterocycles. The Balaban J connectivity index is 2.43. The summed E-state index contributed by atoms with van der Waals surface area (Å²) in [7, 11) is 0. The second kappa shape index (κ2) is 7.38. The number of carbonyl (C=O) groups excluding carboxylic acids is 1. The zero-order valence-electron chi connectivity index (χ0n) is 10.7. The fourth-order valence-electron chi connectivity index (χ4n) is 1.47. The summed E-state index contributed by atoms with van der Waals surface area (Å²) in [4.78, 5) is 11.6. The van der Waals surface area contributed by atoms with Crippen LogP contribution >= 0.6 is 15.9 Å². The smallest absolute Gasteiger partial charge is 0.319 e. The average Bonchev–Trinajstić information content (AvgIpc) is 2.34. The van der Waals surface area contributed by atoms with E-state index in [0.29, 0.717) is 19.4 Å². The molecule has 0 bridgehead atoms. The van der Waals surface area contributed by atoms with Gasteiger partial charge in [0.1, 0.15) is 0 Å². The molecule has 2 amide bonds. The molecule has 0 radical (unpaired) electrons. The highest BCUT2D eigenvalue weighted by Gasteiger charge is 2.06. The van der Waals surface area contributed by atoms with E-state index in [0.717, 1.165) is 15.7 Å². The quantitative estimate of drug-likeness (QED) is 0.782. The van der Waals surface area contributed by atoms with E-state index in [1.54, 1.807) is 0 Å². The third-order valence-corrected chi connectivity index (χ3v) is 3.61. The largest absolute Gasteiger partial charge is 0.393 e. The first kappa shape index (κ1) is 15.0. The molecule has 0 saturated carbocycles. The van der Waals surface area contributed by atoms with Crippen molar-refractivity contribution in [2.75, 3.05) is 11.9 Å². The first-order valence-corrected chi connectivity index (χ1v) is 6.82. The molecule has 0 aliphatic rings. The van der Waals surface area contributed by atoms with Crippen molar-refractivity contribution in [3.63, 3.8) is 0 Å². The van der Waals surface area contributed by atoms with Crippen LogP contribution in [-0.4, -0.2) is 23.8 Å². The minimum absolute atomic E-state index is 0.250. The van der Waals surface area contributed by atoms with Crippen LogP contribution in [0.15, 0.2) is 22.7 Å². The number of hydrogen-bond acceptors (Lipinski definition) is 2. The summed E-state index contributed by atoms with van der Waals surface area (Å²) in [6.45, 7) is 4.31. The minimum atomic E-state index is -0.349. The Labute approximate surface area is 116 Å². The summed E-state index contributed by atoms with van der Waals surface area (Å²) < 4.78 is 0.960. The van der Waals surface area contributed by atoms with Crippen molar-refractivity contribution >= 4 is 27.6 Å². The predicted molar refractivity (Wildman–Crippen MR) is 76.8 cm³/mol. The summed E-state index contributed by atoms with van der Waals surface area (Å²) in [6, 6.07) is 5.39. The van der Waals surface area contributed by atoms with Crippen LogP contribution < -0.4 is 10.6 Å². The number of aliphatic hydroxyl groups is 1. The highest BCUT2D eigenvalue weighted by molar-refractivity contribution is 9.10. The second-order valence-corrected chi connectivity index (χ2v) is 5.00. The van der Waals surface area contributed by atoms with Crippen molar-refractivity contribution in [3.05, 3.63) is 28.2 Å².